The number of hydrogen-bond acceptors (Lipinski definition) is 9. The Hall–Kier alpha value is -3.75. The van der Waals surface area contributed by atoms with Crippen LogP contribution in [0.2, 0.25) is 0 Å². The molecule has 1 aliphatic rings. The Labute approximate surface area is 244 Å². The standard InChI is InChI=1S/C28H43N5O9/c1-42-23-11-13-33(16-18(23)15-24(35)31-22(28(40)41)9-10-25(36)37)27(39)21(4-2-3-12-29)32-26(38)20(30)14-17-5-7-19(34)8-6-17/h5-8,18,20-23,34H,2-4,9-16,29-30H2,1H3,(H,31,35)(H,32,38)(H,36,37)(H,40,41)/t18-,20+,21+,22+,23+/m1/s1. The number of benzene rings is 1. The fourth-order valence-electron chi connectivity index (χ4n) is 4.96. The number of phenolic OH excluding ortho intramolecular Hbond substituents is 1. The van der Waals surface area contributed by atoms with E-state index < -0.39 is 54.2 Å². The summed E-state index contributed by atoms with van der Waals surface area (Å²) in [7, 11) is 1.49. The molecule has 1 saturated heterocycles. The molecule has 0 saturated carbocycles. The Kier molecular flexibility index (Phi) is 14.2. The van der Waals surface area contributed by atoms with E-state index in [9.17, 15) is 34.2 Å². The van der Waals surface area contributed by atoms with Crippen molar-refractivity contribution in [1.82, 2.24) is 15.5 Å². The van der Waals surface area contributed by atoms with Gasteiger partial charge in [0.25, 0.3) is 0 Å². The fourth-order valence-corrected chi connectivity index (χ4v) is 4.96. The third kappa shape index (κ3) is 11.3. The topological polar surface area (TPSA) is 235 Å². The Bertz CT molecular complexity index is 1070. The van der Waals surface area contributed by atoms with Gasteiger partial charge >= 0.3 is 11.9 Å². The summed E-state index contributed by atoms with van der Waals surface area (Å²) in [4.78, 5) is 63.2. The minimum atomic E-state index is -1.36. The van der Waals surface area contributed by atoms with Gasteiger partial charge in [-0.15, -0.1) is 0 Å². The minimum absolute atomic E-state index is 0.0928. The molecule has 2 rings (SSSR count). The van der Waals surface area contributed by atoms with Crippen molar-refractivity contribution in [2.24, 2.45) is 17.4 Å². The van der Waals surface area contributed by atoms with Crippen molar-refractivity contribution in [3.63, 3.8) is 0 Å². The van der Waals surface area contributed by atoms with Crippen LogP contribution in [0.5, 0.6) is 5.75 Å². The number of methoxy groups -OCH3 is 1. The number of nitrogens with one attached hydrogen (secondary N) is 2. The van der Waals surface area contributed by atoms with Gasteiger partial charge in [0.15, 0.2) is 0 Å². The third-order valence-electron chi connectivity index (χ3n) is 7.30. The average Bonchev–Trinajstić information content (AvgIpc) is 2.95. The van der Waals surface area contributed by atoms with Gasteiger partial charge in [0, 0.05) is 39.0 Å². The highest BCUT2D eigenvalue weighted by atomic mass is 16.5. The van der Waals surface area contributed by atoms with Gasteiger partial charge in [-0.25, -0.2) is 4.79 Å². The number of hydrogen-bond donors (Lipinski definition) is 7. The number of carboxylic acid groups (broad SMARTS) is 2. The maximum absolute atomic E-state index is 13.6. The van der Waals surface area contributed by atoms with Gasteiger partial charge in [-0.1, -0.05) is 12.1 Å². The van der Waals surface area contributed by atoms with E-state index in [0.717, 1.165) is 5.56 Å². The highest BCUT2D eigenvalue weighted by Gasteiger charge is 2.36. The molecule has 0 bridgehead atoms. The highest BCUT2D eigenvalue weighted by Crippen LogP contribution is 2.24. The number of phenols is 1. The van der Waals surface area contributed by atoms with Crippen LogP contribution in [0.3, 0.4) is 0 Å². The zero-order valence-electron chi connectivity index (χ0n) is 23.9. The summed E-state index contributed by atoms with van der Waals surface area (Å²) in [6, 6.07) is 3.16. The number of unbranched alkanes of at least 4 members (excludes halogenated alkanes) is 1. The third-order valence-corrected chi connectivity index (χ3v) is 7.30. The minimum Gasteiger partial charge on any atom is -0.508 e. The average molecular weight is 594 g/mol. The van der Waals surface area contributed by atoms with Crippen molar-refractivity contribution in [3.8, 4) is 5.75 Å². The molecule has 1 aromatic rings. The number of nitrogens with zero attached hydrogens (tertiary/aromatic N) is 1. The zero-order chi connectivity index (χ0) is 31.2. The molecule has 0 radical (unpaired) electrons. The largest absolute Gasteiger partial charge is 0.508 e. The number of carboxylic acids is 2. The van der Waals surface area contributed by atoms with E-state index >= 15 is 0 Å². The van der Waals surface area contributed by atoms with E-state index in [-0.39, 0.29) is 43.6 Å². The van der Waals surface area contributed by atoms with Crippen molar-refractivity contribution in [1.29, 1.82) is 0 Å². The quantitative estimate of drug-likeness (QED) is 0.114. The molecule has 0 spiro atoms. The number of amides is 3. The smallest absolute Gasteiger partial charge is 0.326 e. The number of piperidine rings is 1. The van der Waals surface area contributed by atoms with Crippen molar-refractivity contribution < 1.29 is 44.0 Å². The van der Waals surface area contributed by atoms with E-state index in [2.05, 4.69) is 10.6 Å². The highest BCUT2D eigenvalue weighted by molar-refractivity contribution is 5.90. The van der Waals surface area contributed by atoms with Crippen LogP contribution in [0.25, 0.3) is 0 Å². The van der Waals surface area contributed by atoms with E-state index in [4.69, 9.17) is 21.3 Å². The van der Waals surface area contributed by atoms with E-state index in [0.29, 0.717) is 38.8 Å². The monoisotopic (exact) mass is 593 g/mol. The van der Waals surface area contributed by atoms with Gasteiger partial charge < -0.3 is 47.1 Å². The molecule has 9 N–H and O–H groups in total. The number of carbonyl (C=O) groups excluding carboxylic acids is 3. The molecule has 14 nitrogen and oxygen atoms in total. The maximum atomic E-state index is 13.6. The Morgan fingerprint density at radius 1 is 1.05 bits per heavy atom. The summed E-state index contributed by atoms with van der Waals surface area (Å²) in [5.41, 5.74) is 12.5. The lowest BCUT2D eigenvalue weighted by molar-refractivity contribution is -0.144. The lowest BCUT2D eigenvalue weighted by atomic mass is 9.90. The van der Waals surface area contributed by atoms with Gasteiger partial charge in [-0.3, -0.25) is 19.2 Å². The Morgan fingerprint density at radius 3 is 2.33 bits per heavy atom. The first-order valence-corrected chi connectivity index (χ1v) is 14.0. The molecule has 1 heterocycles. The molecule has 0 unspecified atom stereocenters. The van der Waals surface area contributed by atoms with Crippen LogP contribution in [0, 0.1) is 5.92 Å². The molecular weight excluding hydrogens is 550 g/mol. The second kappa shape index (κ2) is 17.3. The Balaban J connectivity index is 2.08. The van der Waals surface area contributed by atoms with Gasteiger partial charge in [-0.05, 0) is 62.8 Å². The summed E-state index contributed by atoms with van der Waals surface area (Å²) in [5.74, 6) is -4.31. The Morgan fingerprint density at radius 2 is 1.74 bits per heavy atom. The van der Waals surface area contributed by atoms with Crippen LogP contribution in [-0.2, 0) is 35.1 Å². The summed E-state index contributed by atoms with van der Waals surface area (Å²) in [6.45, 7) is 0.893. The lowest BCUT2D eigenvalue weighted by Crippen LogP contribution is -2.56. The van der Waals surface area contributed by atoms with Crippen LogP contribution in [-0.4, -0.2) is 101 Å². The summed E-state index contributed by atoms with van der Waals surface area (Å²) < 4.78 is 5.54. The van der Waals surface area contributed by atoms with E-state index in [1.54, 1.807) is 17.0 Å². The van der Waals surface area contributed by atoms with Gasteiger partial charge in [-0.2, -0.15) is 0 Å². The van der Waals surface area contributed by atoms with Crippen molar-refractivity contribution in [3.05, 3.63) is 29.8 Å². The van der Waals surface area contributed by atoms with Crippen LogP contribution in [0.15, 0.2) is 24.3 Å². The fraction of sp³-hybridized carbons (Fsp3) is 0.607. The lowest BCUT2D eigenvalue weighted by Gasteiger charge is -2.39. The molecule has 1 aliphatic heterocycles. The molecule has 1 fully saturated rings. The molecule has 42 heavy (non-hydrogen) atoms. The number of carbonyl (C=O) groups is 5. The number of aromatic hydroxyl groups is 1. The first-order valence-electron chi connectivity index (χ1n) is 14.0. The molecule has 0 aromatic heterocycles. The normalized spacial score (nSPS) is 18.9. The molecule has 0 aliphatic carbocycles. The number of rotatable bonds is 17. The summed E-state index contributed by atoms with van der Waals surface area (Å²) in [5, 5.41) is 32.8. The molecule has 234 valence electrons. The number of likely N-dealkylation sites (tertiary alicyclic amines) is 1. The predicted molar refractivity (Wildman–Crippen MR) is 151 cm³/mol. The number of ether oxygens (including phenoxy) is 1. The molecule has 5 atom stereocenters. The van der Waals surface area contributed by atoms with Crippen molar-refractivity contribution in [2.45, 2.75) is 75.6 Å². The molecular formula is C28H43N5O9. The number of aliphatic carboxylic acids is 2. The van der Waals surface area contributed by atoms with Crippen LogP contribution >= 0.6 is 0 Å². The maximum Gasteiger partial charge on any atom is 0.326 e. The molecule has 3 amide bonds. The first kappa shape index (κ1) is 34.5. The summed E-state index contributed by atoms with van der Waals surface area (Å²) in [6.07, 6.45) is 1.02. The van der Waals surface area contributed by atoms with Crippen molar-refractivity contribution in [2.75, 3.05) is 26.7 Å². The van der Waals surface area contributed by atoms with Crippen molar-refractivity contribution >= 4 is 29.7 Å². The van der Waals surface area contributed by atoms with E-state index in [1.807, 2.05) is 0 Å². The summed E-state index contributed by atoms with van der Waals surface area (Å²) >= 11 is 0. The van der Waals surface area contributed by atoms with Crippen LogP contribution < -0.4 is 22.1 Å². The van der Waals surface area contributed by atoms with Crippen LogP contribution in [0.1, 0.15) is 50.5 Å². The SMILES string of the molecule is CO[C@H]1CCN(C(=O)[C@H](CCCCN)NC(=O)[C@@H](N)Cc2ccc(O)cc2)C[C@H]1CC(=O)N[C@@H](CCC(=O)O)C(=O)O. The molecule has 1 aromatic carbocycles. The van der Waals surface area contributed by atoms with Gasteiger partial charge in [0.05, 0.1) is 12.1 Å². The number of nitrogens with two attached hydrogens (primary N) is 2. The molecule has 14 heteroatoms. The van der Waals surface area contributed by atoms with E-state index in [1.165, 1.54) is 19.2 Å². The van der Waals surface area contributed by atoms with Crippen LogP contribution in [0.4, 0.5) is 0 Å². The zero-order valence-corrected chi connectivity index (χ0v) is 23.9. The predicted octanol–water partition coefficient (Wildman–Crippen LogP) is -0.436. The van der Waals surface area contributed by atoms with Gasteiger partial charge in [0.1, 0.15) is 17.8 Å². The second-order valence-electron chi connectivity index (χ2n) is 10.5. The first-order chi connectivity index (χ1) is 19.9. The second-order valence-corrected chi connectivity index (χ2v) is 10.5. The van der Waals surface area contributed by atoms with Gasteiger partial charge in [0.2, 0.25) is 17.7 Å².